The van der Waals surface area contributed by atoms with Crippen molar-refractivity contribution in [3.05, 3.63) is 0 Å². The van der Waals surface area contributed by atoms with Gasteiger partial charge < -0.3 is 0 Å². The molecule has 0 radical (unpaired) electrons. The number of rotatable bonds is 3. The summed E-state index contributed by atoms with van der Waals surface area (Å²) in [6.07, 6.45) is 3.13. The summed E-state index contributed by atoms with van der Waals surface area (Å²) in [5.41, 5.74) is -0.0891. The molecule has 1 aliphatic heterocycles. The topological polar surface area (TPSA) is 46.2 Å². The predicted molar refractivity (Wildman–Crippen MR) is 54.6 cm³/mol. The van der Waals surface area contributed by atoms with Crippen molar-refractivity contribution < 1.29 is 9.59 Å². The van der Waals surface area contributed by atoms with Crippen molar-refractivity contribution in [1.29, 1.82) is 0 Å². The smallest absolute Gasteiger partial charge is 0.230 e. The van der Waals surface area contributed by atoms with Crippen molar-refractivity contribution in [2.45, 2.75) is 46.5 Å². The zero-order valence-electron chi connectivity index (χ0n) is 9.22. The summed E-state index contributed by atoms with van der Waals surface area (Å²) in [7, 11) is 0. The lowest BCUT2D eigenvalue weighted by molar-refractivity contribution is -0.144. The fraction of sp³-hybridized carbons (Fsp3) is 0.818. The molecule has 1 rings (SSSR count). The zero-order valence-corrected chi connectivity index (χ0v) is 9.22. The highest BCUT2D eigenvalue weighted by Gasteiger charge is 2.44. The number of hydrogen-bond acceptors (Lipinski definition) is 2. The van der Waals surface area contributed by atoms with Crippen molar-refractivity contribution in [2.75, 3.05) is 0 Å². The summed E-state index contributed by atoms with van der Waals surface area (Å²) in [5.74, 6) is -0.175. The fourth-order valence-corrected chi connectivity index (χ4v) is 2.60. The molecule has 0 bridgehead atoms. The minimum Gasteiger partial charge on any atom is -0.296 e. The standard InChI is InChI=1S/C11H19NO2/c1-4-8-10(14)12-9(13)7-11(8,5-2)6-3/h8H,4-7H2,1-3H3,(H,12,13,14). The van der Waals surface area contributed by atoms with E-state index >= 15 is 0 Å². The van der Waals surface area contributed by atoms with Gasteiger partial charge in [0.1, 0.15) is 0 Å². The van der Waals surface area contributed by atoms with Crippen LogP contribution in [0, 0.1) is 11.3 Å². The molecule has 14 heavy (non-hydrogen) atoms. The lowest BCUT2D eigenvalue weighted by Crippen LogP contribution is -2.51. The molecule has 0 spiro atoms. The summed E-state index contributed by atoms with van der Waals surface area (Å²) in [6.45, 7) is 6.15. The van der Waals surface area contributed by atoms with E-state index in [1.165, 1.54) is 0 Å². The van der Waals surface area contributed by atoms with Crippen molar-refractivity contribution in [3.8, 4) is 0 Å². The highest BCUT2D eigenvalue weighted by atomic mass is 16.2. The van der Waals surface area contributed by atoms with Crippen LogP contribution in [0.15, 0.2) is 0 Å². The molecule has 0 saturated carbocycles. The Bertz CT molecular complexity index is 244. The zero-order chi connectivity index (χ0) is 10.8. The van der Waals surface area contributed by atoms with Gasteiger partial charge in [-0.1, -0.05) is 20.8 Å². The molecular formula is C11H19NO2. The van der Waals surface area contributed by atoms with E-state index in [2.05, 4.69) is 19.2 Å². The van der Waals surface area contributed by atoms with Crippen LogP contribution in [-0.2, 0) is 9.59 Å². The van der Waals surface area contributed by atoms with Gasteiger partial charge in [0, 0.05) is 12.3 Å². The minimum atomic E-state index is -0.108. The molecule has 1 N–H and O–H groups in total. The maximum Gasteiger partial charge on any atom is 0.230 e. The third kappa shape index (κ3) is 1.68. The molecule has 1 heterocycles. The molecule has 0 aromatic carbocycles. The van der Waals surface area contributed by atoms with E-state index in [4.69, 9.17) is 0 Å². The van der Waals surface area contributed by atoms with E-state index in [-0.39, 0.29) is 23.1 Å². The quantitative estimate of drug-likeness (QED) is 0.702. The Hall–Kier alpha value is -0.860. The van der Waals surface area contributed by atoms with E-state index in [0.717, 1.165) is 19.3 Å². The molecule has 1 saturated heterocycles. The molecule has 0 aromatic rings. The molecule has 1 fully saturated rings. The normalized spacial score (nSPS) is 26.1. The molecule has 1 atom stereocenters. The second kappa shape index (κ2) is 4.11. The first-order chi connectivity index (χ1) is 6.59. The number of hydrogen-bond donors (Lipinski definition) is 1. The average molecular weight is 197 g/mol. The van der Waals surface area contributed by atoms with E-state index in [0.29, 0.717) is 6.42 Å². The first-order valence-electron chi connectivity index (χ1n) is 5.43. The molecular weight excluding hydrogens is 178 g/mol. The van der Waals surface area contributed by atoms with Gasteiger partial charge in [-0.3, -0.25) is 14.9 Å². The van der Waals surface area contributed by atoms with Gasteiger partial charge in [-0.15, -0.1) is 0 Å². The monoisotopic (exact) mass is 197 g/mol. The van der Waals surface area contributed by atoms with Gasteiger partial charge in [0.15, 0.2) is 0 Å². The third-order valence-corrected chi connectivity index (χ3v) is 3.65. The average Bonchev–Trinajstić information content (AvgIpc) is 2.16. The van der Waals surface area contributed by atoms with Gasteiger partial charge in [-0.05, 0) is 24.7 Å². The Morgan fingerprint density at radius 2 is 1.86 bits per heavy atom. The van der Waals surface area contributed by atoms with Crippen LogP contribution in [0.4, 0.5) is 0 Å². The first-order valence-corrected chi connectivity index (χ1v) is 5.43. The predicted octanol–water partition coefficient (Wildman–Crippen LogP) is 1.87. The molecule has 0 aromatic heterocycles. The Morgan fingerprint density at radius 3 is 2.29 bits per heavy atom. The van der Waals surface area contributed by atoms with Gasteiger partial charge in [0.05, 0.1) is 0 Å². The number of nitrogens with one attached hydrogen (secondary N) is 1. The van der Waals surface area contributed by atoms with Crippen LogP contribution in [0.25, 0.3) is 0 Å². The highest BCUT2D eigenvalue weighted by molar-refractivity contribution is 5.99. The van der Waals surface area contributed by atoms with Crippen LogP contribution in [0.3, 0.4) is 0 Å². The van der Waals surface area contributed by atoms with Crippen molar-refractivity contribution in [1.82, 2.24) is 5.32 Å². The fourth-order valence-electron chi connectivity index (χ4n) is 2.60. The summed E-state index contributed by atoms with van der Waals surface area (Å²) >= 11 is 0. The molecule has 3 heteroatoms. The Labute approximate surface area is 85.3 Å². The molecule has 2 amide bonds. The third-order valence-electron chi connectivity index (χ3n) is 3.65. The van der Waals surface area contributed by atoms with E-state index < -0.39 is 0 Å². The Balaban J connectivity index is 2.97. The summed E-state index contributed by atoms with van der Waals surface area (Å²) in [4.78, 5) is 23.0. The molecule has 1 aliphatic rings. The summed E-state index contributed by atoms with van der Waals surface area (Å²) in [5, 5.41) is 2.43. The van der Waals surface area contributed by atoms with Crippen molar-refractivity contribution in [2.24, 2.45) is 11.3 Å². The molecule has 0 aliphatic carbocycles. The van der Waals surface area contributed by atoms with E-state index in [9.17, 15) is 9.59 Å². The van der Waals surface area contributed by atoms with Gasteiger partial charge in [0.2, 0.25) is 11.8 Å². The van der Waals surface area contributed by atoms with Crippen LogP contribution < -0.4 is 5.32 Å². The van der Waals surface area contributed by atoms with Crippen LogP contribution in [0.2, 0.25) is 0 Å². The van der Waals surface area contributed by atoms with Crippen LogP contribution in [-0.4, -0.2) is 11.8 Å². The number of imide groups is 1. The summed E-state index contributed by atoms with van der Waals surface area (Å²) < 4.78 is 0. The minimum absolute atomic E-state index is 0.00944. The largest absolute Gasteiger partial charge is 0.296 e. The SMILES string of the molecule is CCC1C(=O)NC(=O)CC1(CC)CC. The van der Waals surface area contributed by atoms with Crippen molar-refractivity contribution in [3.63, 3.8) is 0 Å². The number of amides is 2. The Kier molecular flexibility index (Phi) is 3.29. The number of carbonyl (C=O) groups excluding carboxylic acids is 2. The maximum absolute atomic E-state index is 11.6. The summed E-state index contributed by atoms with van der Waals surface area (Å²) in [6, 6.07) is 0. The highest BCUT2D eigenvalue weighted by Crippen LogP contribution is 2.42. The molecule has 80 valence electrons. The van der Waals surface area contributed by atoms with Crippen LogP contribution in [0.5, 0.6) is 0 Å². The molecule has 1 unspecified atom stereocenters. The number of piperidine rings is 1. The molecule has 3 nitrogen and oxygen atoms in total. The lowest BCUT2D eigenvalue weighted by atomic mass is 9.65. The van der Waals surface area contributed by atoms with Gasteiger partial charge in [-0.25, -0.2) is 0 Å². The van der Waals surface area contributed by atoms with Gasteiger partial charge in [0.25, 0.3) is 0 Å². The van der Waals surface area contributed by atoms with E-state index in [1.807, 2.05) is 6.92 Å². The van der Waals surface area contributed by atoms with Crippen LogP contribution >= 0.6 is 0 Å². The van der Waals surface area contributed by atoms with Crippen LogP contribution in [0.1, 0.15) is 46.5 Å². The van der Waals surface area contributed by atoms with Gasteiger partial charge >= 0.3 is 0 Å². The second-order valence-electron chi connectivity index (χ2n) is 4.12. The number of carbonyl (C=O) groups is 2. The van der Waals surface area contributed by atoms with E-state index in [1.54, 1.807) is 0 Å². The lowest BCUT2D eigenvalue weighted by Gasteiger charge is -2.41. The second-order valence-corrected chi connectivity index (χ2v) is 4.12. The van der Waals surface area contributed by atoms with Gasteiger partial charge in [-0.2, -0.15) is 0 Å². The van der Waals surface area contributed by atoms with Crippen molar-refractivity contribution >= 4 is 11.8 Å². The first kappa shape index (κ1) is 11.2. The Morgan fingerprint density at radius 1 is 1.29 bits per heavy atom. The maximum atomic E-state index is 11.6.